The molecule has 0 aliphatic rings. The Kier molecular flexibility index (Phi) is 4.15. The first-order chi connectivity index (χ1) is 9.24. The van der Waals surface area contributed by atoms with Crippen molar-refractivity contribution >= 4 is 11.9 Å². The van der Waals surface area contributed by atoms with E-state index >= 15 is 0 Å². The van der Waals surface area contributed by atoms with Gasteiger partial charge in [-0.1, -0.05) is 0 Å². The van der Waals surface area contributed by atoms with Gasteiger partial charge >= 0.3 is 0 Å². The molecule has 2 aromatic rings. The molecule has 10 heteroatoms. The van der Waals surface area contributed by atoms with Gasteiger partial charge < -0.3 is 9.64 Å². The number of nitrogens with zero attached hydrogens (tertiary/aromatic N) is 7. The molecule has 3 N–H and O–H groups in total. The average Bonchev–Trinajstić information content (AvgIpc) is 2.98. The van der Waals surface area contributed by atoms with E-state index in [4.69, 9.17) is 10.6 Å². The van der Waals surface area contributed by atoms with Crippen molar-refractivity contribution < 1.29 is 4.74 Å². The van der Waals surface area contributed by atoms with E-state index in [9.17, 15) is 0 Å². The number of anilines is 2. The summed E-state index contributed by atoms with van der Waals surface area (Å²) in [6, 6.07) is 0. The summed E-state index contributed by atoms with van der Waals surface area (Å²) in [7, 11) is 3.48. The molecule has 0 unspecified atom stereocenters. The van der Waals surface area contributed by atoms with Crippen LogP contribution >= 0.6 is 0 Å². The molecule has 2 aromatic heterocycles. The average molecular weight is 265 g/mol. The number of aromatic nitrogens is 6. The molecule has 0 saturated heterocycles. The van der Waals surface area contributed by atoms with Gasteiger partial charge in [-0.15, -0.1) is 0 Å². The Morgan fingerprint density at radius 2 is 2.26 bits per heavy atom. The molecule has 10 nitrogen and oxygen atoms in total. The quantitative estimate of drug-likeness (QED) is 0.491. The monoisotopic (exact) mass is 265 g/mol. The molecule has 0 atom stereocenters. The number of likely N-dealkylation sites (N-methyl/N-ethyl adjacent to an activating group) is 1. The summed E-state index contributed by atoms with van der Waals surface area (Å²) >= 11 is 0. The molecule has 19 heavy (non-hydrogen) atoms. The Morgan fingerprint density at radius 1 is 1.42 bits per heavy atom. The molecule has 0 fully saturated rings. The van der Waals surface area contributed by atoms with E-state index in [2.05, 4.69) is 30.5 Å². The zero-order valence-corrected chi connectivity index (χ0v) is 10.7. The van der Waals surface area contributed by atoms with Crippen LogP contribution < -0.4 is 16.2 Å². The maximum Gasteiger partial charge on any atom is 0.258 e. The highest BCUT2D eigenvalue weighted by Gasteiger charge is 2.11. The molecule has 0 aromatic carbocycles. The van der Waals surface area contributed by atoms with Gasteiger partial charge in [-0.25, -0.2) is 10.8 Å². The van der Waals surface area contributed by atoms with Gasteiger partial charge in [-0.2, -0.15) is 24.7 Å². The molecule has 0 amide bonds. The number of rotatable bonds is 6. The summed E-state index contributed by atoms with van der Waals surface area (Å²) in [6.45, 7) is 1.20. The van der Waals surface area contributed by atoms with Gasteiger partial charge in [0.05, 0.1) is 6.61 Å². The van der Waals surface area contributed by atoms with E-state index in [0.717, 1.165) is 0 Å². The van der Waals surface area contributed by atoms with Gasteiger partial charge in [-0.3, -0.25) is 5.43 Å². The zero-order valence-electron chi connectivity index (χ0n) is 10.7. The van der Waals surface area contributed by atoms with Gasteiger partial charge in [0.15, 0.2) is 0 Å². The van der Waals surface area contributed by atoms with Gasteiger partial charge in [0.2, 0.25) is 11.9 Å². The van der Waals surface area contributed by atoms with Gasteiger partial charge in [0, 0.05) is 20.7 Å². The van der Waals surface area contributed by atoms with Gasteiger partial charge in [-0.05, 0) is 0 Å². The van der Waals surface area contributed by atoms with Crippen molar-refractivity contribution in [1.82, 2.24) is 29.7 Å². The predicted molar refractivity (Wildman–Crippen MR) is 67.7 cm³/mol. The summed E-state index contributed by atoms with van der Waals surface area (Å²) in [5, 5.41) is 3.97. The first kappa shape index (κ1) is 13.1. The van der Waals surface area contributed by atoms with Crippen molar-refractivity contribution in [2.45, 2.75) is 0 Å². The first-order valence-corrected chi connectivity index (χ1v) is 5.52. The largest absolute Gasteiger partial charge is 0.383 e. The third kappa shape index (κ3) is 3.11. The summed E-state index contributed by atoms with van der Waals surface area (Å²) in [5.74, 6) is 6.40. The highest BCUT2D eigenvalue weighted by molar-refractivity contribution is 5.38. The van der Waals surface area contributed by atoms with Crippen LogP contribution in [0.25, 0.3) is 5.95 Å². The Labute approximate surface area is 109 Å². The minimum Gasteiger partial charge on any atom is -0.383 e. The lowest BCUT2D eigenvalue weighted by Crippen LogP contribution is -2.26. The fourth-order valence-corrected chi connectivity index (χ4v) is 1.33. The lowest BCUT2D eigenvalue weighted by atomic mass is 10.6. The summed E-state index contributed by atoms with van der Waals surface area (Å²) in [6.07, 6.45) is 2.89. The Morgan fingerprint density at radius 3 is 2.89 bits per heavy atom. The van der Waals surface area contributed by atoms with E-state index in [1.165, 1.54) is 17.3 Å². The summed E-state index contributed by atoms with van der Waals surface area (Å²) in [4.78, 5) is 18.2. The minimum atomic E-state index is 0.250. The number of hydrogen-bond acceptors (Lipinski definition) is 9. The van der Waals surface area contributed by atoms with E-state index in [0.29, 0.717) is 25.0 Å². The third-order valence-electron chi connectivity index (χ3n) is 2.34. The number of nitrogens with one attached hydrogen (secondary N) is 1. The molecule has 0 bridgehead atoms. The minimum absolute atomic E-state index is 0.250. The molecule has 0 radical (unpaired) electrons. The van der Waals surface area contributed by atoms with Crippen LogP contribution in [-0.2, 0) is 4.74 Å². The molecule has 0 aliphatic carbocycles. The Hall–Kier alpha value is -2.33. The molecule has 0 spiro atoms. The number of hydrazine groups is 1. The second-order valence-electron chi connectivity index (χ2n) is 3.66. The second-order valence-corrected chi connectivity index (χ2v) is 3.66. The van der Waals surface area contributed by atoms with Crippen LogP contribution in [0, 0.1) is 0 Å². The van der Waals surface area contributed by atoms with Crippen molar-refractivity contribution in [2.75, 3.05) is 37.6 Å². The highest BCUT2D eigenvalue weighted by atomic mass is 16.5. The van der Waals surface area contributed by atoms with Crippen molar-refractivity contribution in [3.63, 3.8) is 0 Å². The predicted octanol–water partition coefficient (Wildman–Crippen LogP) is -1.18. The van der Waals surface area contributed by atoms with Crippen LogP contribution in [0.5, 0.6) is 0 Å². The maximum absolute atomic E-state index is 5.35. The van der Waals surface area contributed by atoms with Crippen LogP contribution in [0.1, 0.15) is 0 Å². The third-order valence-corrected chi connectivity index (χ3v) is 2.34. The Bertz CT molecular complexity index is 514. The SMILES string of the molecule is COCCN(C)c1nc(NN)nc(-n2cncn2)n1. The van der Waals surface area contributed by atoms with E-state index in [1.54, 1.807) is 7.11 Å². The molecule has 0 saturated carbocycles. The van der Waals surface area contributed by atoms with Crippen LogP contribution in [0.3, 0.4) is 0 Å². The van der Waals surface area contributed by atoms with Gasteiger partial charge in [0.1, 0.15) is 12.7 Å². The molecule has 2 rings (SSSR count). The van der Waals surface area contributed by atoms with Gasteiger partial charge in [0.25, 0.3) is 5.95 Å². The van der Waals surface area contributed by atoms with E-state index in [-0.39, 0.29) is 5.95 Å². The zero-order chi connectivity index (χ0) is 13.7. The number of ether oxygens (including phenoxy) is 1. The number of nitrogens with two attached hydrogens (primary N) is 1. The number of hydrogen-bond donors (Lipinski definition) is 2. The lowest BCUT2D eigenvalue weighted by Gasteiger charge is -2.17. The molecule has 102 valence electrons. The van der Waals surface area contributed by atoms with Crippen molar-refractivity contribution in [3.8, 4) is 5.95 Å². The fourth-order valence-electron chi connectivity index (χ4n) is 1.33. The number of methoxy groups -OCH3 is 1. The summed E-state index contributed by atoms with van der Waals surface area (Å²) < 4.78 is 6.44. The standard InChI is InChI=1S/C9H15N9O/c1-17(3-4-19-2)8-13-7(16-10)14-9(15-8)18-6-11-5-12-18/h5-6H,3-4,10H2,1-2H3,(H,13,14,15,16). The second kappa shape index (κ2) is 6.02. The molecule has 0 aliphatic heterocycles. The van der Waals surface area contributed by atoms with Crippen molar-refractivity contribution in [1.29, 1.82) is 0 Å². The number of nitrogen functional groups attached to an aromatic ring is 1. The lowest BCUT2D eigenvalue weighted by molar-refractivity contribution is 0.206. The molecular weight excluding hydrogens is 250 g/mol. The van der Waals surface area contributed by atoms with E-state index in [1.807, 2.05) is 11.9 Å². The van der Waals surface area contributed by atoms with Crippen LogP contribution in [0.2, 0.25) is 0 Å². The van der Waals surface area contributed by atoms with Crippen LogP contribution in [0.4, 0.5) is 11.9 Å². The normalized spacial score (nSPS) is 10.5. The topological polar surface area (TPSA) is 120 Å². The maximum atomic E-state index is 5.35. The fraction of sp³-hybridized carbons (Fsp3) is 0.444. The first-order valence-electron chi connectivity index (χ1n) is 5.52. The smallest absolute Gasteiger partial charge is 0.258 e. The Balaban J connectivity index is 2.31. The van der Waals surface area contributed by atoms with Crippen LogP contribution in [0.15, 0.2) is 12.7 Å². The van der Waals surface area contributed by atoms with Crippen LogP contribution in [-0.4, -0.2) is 57.0 Å². The molecule has 2 heterocycles. The van der Waals surface area contributed by atoms with Crippen molar-refractivity contribution in [2.24, 2.45) is 5.84 Å². The van der Waals surface area contributed by atoms with E-state index < -0.39 is 0 Å². The molecular formula is C9H15N9O. The summed E-state index contributed by atoms with van der Waals surface area (Å²) in [5.41, 5.74) is 2.40. The van der Waals surface area contributed by atoms with Crippen molar-refractivity contribution in [3.05, 3.63) is 12.7 Å². The highest BCUT2D eigenvalue weighted by Crippen LogP contribution is 2.10.